The van der Waals surface area contributed by atoms with Crippen LogP contribution in [0.15, 0.2) is 42.5 Å². The topological polar surface area (TPSA) is 156 Å². The number of nitrogens with zero attached hydrogens (tertiary/aromatic N) is 2. The number of rotatable bonds is 8. The van der Waals surface area contributed by atoms with Gasteiger partial charge in [-0.05, 0) is 35.8 Å². The van der Waals surface area contributed by atoms with Crippen LogP contribution in [0.5, 0.6) is 0 Å². The van der Waals surface area contributed by atoms with E-state index >= 15 is 0 Å². The third-order valence-electron chi connectivity index (χ3n) is 4.36. The second-order valence-corrected chi connectivity index (χ2v) is 8.12. The van der Waals surface area contributed by atoms with Gasteiger partial charge in [0.15, 0.2) is 3.95 Å². The molecule has 1 heterocycles. The van der Waals surface area contributed by atoms with Crippen LogP contribution in [-0.2, 0) is 17.8 Å². The Morgan fingerprint density at radius 1 is 1.23 bits per heavy atom. The SMILES string of the molecule is Nc1c(CCC(=O)NCc2ccc([N+](=O)[O-])cc2)cccc1C(=O)Nc1n[nH]c(=S)s1. The molecule has 5 N–H and O–H groups in total. The number of nitro benzene ring substituents is 1. The van der Waals surface area contributed by atoms with E-state index < -0.39 is 10.8 Å². The van der Waals surface area contributed by atoms with Gasteiger partial charge in [-0.1, -0.05) is 35.6 Å². The summed E-state index contributed by atoms with van der Waals surface area (Å²) in [7, 11) is 0. The Bertz CT molecular complexity index is 1170. The molecule has 10 nitrogen and oxygen atoms in total. The molecular weight excluding hydrogens is 440 g/mol. The third kappa shape index (κ3) is 5.93. The summed E-state index contributed by atoms with van der Waals surface area (Å²) >= 11 is 6.07. The quantitative estimate of drug-likeness (QED) is 0.175. The van der Waals surface area contributed by atoms with Crippen LogP contribution >= 0.6 is 23.6 Å². The van der Waals surface area contributed by atoms with Crippen LogP contribution in [0.2, 0.25) is 0 Å². The molecule has 3 rings (SSSR count). The lowest BCUT2D eigenvalue weighted by Crippen LogP contribution is -2.23. The Labute approximate surface area is 185 Å². The monoisotopic (exact) mass is 458 g/mol. The first kappa shape index (κ1) is 22.1. The van der Waals surface area contributed by atoms with Crippen LogP contribution in [0, 0.1) is 14.1 Å². The molecule has 0 fully saturated rings. The summed E-state index contributed by atoms with van der Waals surface area (Å²) in [5.41, 5.74) is 8.13. The number of nitrogens with one attached hydrogen (secondary N) is 3. The summed E-state index contributed by atoms with van der Waals surface area (Å²) in [6.07, 6.45) is 0.517. The number of non-ortho nitro benzene ring substituents is 1. The highest BCUT2D eigenvalue weighted by Crippen LogP contribution is 2.21. The van der Waals surface area contributed by atoms with Crippen LogP contribution in [0.1, 0.15) is 27.9 Å². The van der Waals surface area contributed by atoms with E-state index in [1.807, 2.05) is 0 Å². The fourth-order valence-electron chi connectivity index (χ4n) is 2.75. The minimum absolute atomic E-state index is 0.00737. The van der Waals surface area contributed by atoms with Gasteiger partial charge in [-0.25, -0.2) is 0 Å². The highest BCUT2D eigenvalue weighted by molar-refractivity contribution is 7.73. The number of hydrogen-bond donors (Lipinski definition) is 4. The summed E-state index contributed by atoms with van der Waals surface area (Å²) in [6, 6.07) is 11.0. The molecule has 0 radical (unpaired) electrons. The number of carbonyl (C=O) groups is 2. The average Bonchev–Trinajstić information content (AvgIpc) is 3.16. The van der Waals surface area contributed by atoms with Gasteiger partial charge in [0.05, 0.1) is 10.5 Å². The van der Waals surface area contributed by atoms with Crippen LogP contribution in [0.3, 0.4) is 0 Å². The molecule has 0 unspecified atom stereocenters. The van der Waals surface area contributed by atoms with Gasteiger partial charge in [-0.3, -0.25) is 30.1 Å². The number of nitrogens with two attached hydrogens (primary N) is 1. The lowest BCUT2D eigenvalue weighted by Gasteiger charge is -2.11. The molecule has 31 heavy (non-hydrogen) atoms. The standard InChI is InChI=1S/C19H18N6O4S2/c20-16-12(2-1-3-14(16)17(27)22-18-23-24-19(30)31-18)6-9-15(26)21-10-11-4-7-13(8-5-11)25(28)29/h1-5,7-8H,6,9-10,20H2,(H,21,26)(H,24,30)(H,22,23,27). The molecular formula is C19H18N6O4S2. The number of para-hydroxylation sites is 1. The molecule has 12 heteroatoms. The number of H-pyrrole nitrogens is 1. The molecule has 160 valence electrons. The van der Waals surface area contributed by atoms with E-state index in [9.17, 15) is 19.7 Å². The fraction of sp³-hybridized carbons (Fsp3) is 0.158. The minimum atomic E-state index is -0.479. The number of benzene rings is 2. The molecule has 0 spiro atoms. The highest BCUT2D eigenvalue weighted by atomic mass is 32.1. The number of hydrogen-bond acceptors (Lipinski definition) is 8. The van der Waals surface area contributed by atoms with Gasteiger partial charge in [0.25, 0.3) is 11.6 Å². The highest BCUT2D eigenvalue weighted by Gasteiger charge is 2.15. The first-order valence-electron chi connectivity index (χ1n) is 9.07. The lowest BCUT2D eigenvalue weighted by molar-refractivity contribution is -0.384. The van der Waals surface area contributed by atoms with Crippen molar-refractivity contribution in [2.45, 2.75) is 19.4 Å². The van der Waals surface area contributed by atoms with Crippen LogP contribution < -0.4 is 16.4 Å². The fourth-order valence-corrected chi connectivity index (χ4v) is 3.53. The molecule has 0 atom stereocenters. The molecule has 2 amide bonds. The Kier molecular flexibility index (Phi) is 7.05. The molecule has 0 bridgehead atoms. The van der Waals surface area contributed by atoms with Crippen LogP contribution in [0.25, 0.3) is 0 Å². The predicted molar refractivity (Wildman–Crippen MR) is 119 cm³/mol. The van der Waals surface area contributed by atoms with Crippen molar-refractivity contribution in [1.29, 1.82) is 0 Å². The van der Waals surface area contributed by atoms with E-state index in [0.29, 0.717) is 26.8 Å². The van der Waals surface area contributed by atoms with Gasteiger partial charge in [0, 0.05) is 30.8 Å². The average molecular weight is 459 g/mol. The van der Waals surface area contributed by atoms with E-state index in [-0.39, 0.29) is 30.1 Å². The largest absolute Gasteiger partial charge is 0.398 e. The zero-order valence-electron chi connectivity index (χ0n) is 16.1. The summed E-state index contributed by atoms with van der Waals surface area (Å²) in [4.78, 5) is 34.8. The first-order valence-corrected chi connectivity index (χ1v) is 10.3. The van der Waals surface area contributed by atoms with Crippen molar-refractivity contribution in [3.05, 3.63) is 73.2 Å². The van der Waals surface area contributed by atoms with E-state index in [2.05, 4.69) is 20.8 Å². The number of aromatic amines is 1. The number of carbonyl (C=O) groups excluding carboxylic acids is 2. The van der Waals surface area contributed by atoms with Gasteiger partial charge in [-0.2, -0.15) is 0 Å². The van der Waals surface area contributed by atoms with E-state index in [0.717, 1.165) is 16.9 Å². The van der Waals surface area contributed by atoms with E-state index in [1.54, 1.807) is 30.3 Å². The maximum absolute atomic E-state index is 12.5. The van der Waals surface area contributed by atoms with Crippen molar-refractivity contribution < 1.29 is 14.5 Å². The molecule has 0 aliphatic heterocycles. The number of anilines is 2. The Morgan fingerprint density at radius 3 is 2.61 bits per heavy atom. The van der Waals surface area contributed by atoms with Crippen molar-refractivity contribution in [3.8, 4) is 0 Å². The normalized spacial score (nSPS) is 10.5. The number of aryl methyl sites for hydroxylation is 1. The zero-order chi connectivity index (χ0) is 22.4. The van der Waals surface area contributed by atoms with Gasteiger partial charge in [0.2, 0.25) is 11.0 Å². The van der Waals surface area contributed by atoms with Gasteiger partial charge in [-0.15, -0.1) is 5.10 Å². The maximum Gasteiger partial charge on any atom is 0.269 e. The summed E-state index contributed by atoms with van der Waals surface area (Å²) in [5.74, 6) is -0.622. The maximum atomic E-state index is 12.5. The minimum Gasteiger partial charge on any atom is -0.398 e. The number of aromatic nitrogens is 2. The molecule has 0 saturated carbocycles. The second-order valence-electron chi connectivity index (χ2n) is 6.45. The van der Waals surface area contributed by atoms with E-state index in [4.69, 9.17) is 18.0 Å². The van der Waals surface area contributed by atoms with Crippen molar-refractivity contribution in [2.75, 3.05) is 11.1 Å². The Hall–Kier alpha value is -3.64. The van der Waals surface area contributed by atoms with Crippen molar-refractivity contribution in [3.63, 3.8) is 0 Å². The second kappa shape index (κ2) is 9.91. The van der Waals surface area contributed by atoms with Crippen LogP contribution in [0.4, 0.5) is 16.5 Å². The smallest absolute Gasteiger partial charge is 0.269 e. The third-order valence-corrected chi connectivity index (χ3v) is 5.36. The molecule has 0 aliphatic carbocycles. The first-order chi connectivity index (χ1) is 14.8. The van der Waals surface area contributed by atoms with E-state index in [1.165, 1.54) is 12.1 Å². The van der Waals surface area contributed by atoms with Crippen LogP contribution in [-0.4, -0.2) is 26.9 Å². The zero-order valence-corrected chi connectivity index (χ0v) is 17.7. The molecule has 0 aliphatic rings. The molecule has 2 aromatic carbocycles. The van der Waals surface area contributed by atoms with Crippen molar-refractivity contribution in [2.24, 2.45) is 0 Å². The lowest BCUT2D eigenvalue weighted by atomic mass is 10.0. The van der Waals surface area contributed by atoms with Gasteiger partial charge >= 0.3 is 0 Å². The summed E-state index contributed by atoms with van der Waals surface area (Å²) < 4.78 is 0.441. The number of nitro groups is 1. The Morgan fingerprint density at radius 2 is 1.97 bits per heavy atom. The Balaban J connectivity index is 1.55. The van der Waals surface area contributed by atoms with Gasteiger partial charge in [0.1, 0.15) is 0 Å². The predicted octanol–water partition coefficient (Wildman–Crippen LogP) is 3.19. The number of nitrogen functional groups attached to an aromatic ring is 1. The summed E-state index contributed by atoms with van der Waals surface area (Å²) in [5, 5.41) is 22.9. The molecule has 0 saturated heterocycles. The van der Waals surface area contributed by atoms with Crippen molar-refractivity contribution >= 4 is 51.9 Å². The summed E-state index contributed by atoms with van der Waals surface area (Å²) in [6.45, 7) is 0.254. The number of amides is 2. The molecule has 1 aromatic heterocycles. The van der Waals surface area contributed by atoms with Crippen molar-refractivity contribution in [1.82, 2.24) is 15.5 Å². The molecule has 3 aromatic rings. The van der Waals surface area contributed by atoms with Gasteiger partial charge < -0.3 is 11.1 Å².